The van der Waals surface area contributed by atoms with Crippen molar-refractivity contribution < 1.29 is 42.2 Å². The molecule has 0 saturated carbocycles. The van der Waals surface area contributed by atoms with Crippen LogP contribution in [-0.4, -0.2) is 66.3 Å². The van der Waals surface area contributed by atoms with Gasteiger partial charge in [-0.25, -0.2) is 23.3 Å². The molecule has 2 heterocycles. The van der Waals surface area contributed by atoms with Crippen molar-refractivity contribution in [3.8, 4) is 0 Å². The summed E-state index contributed by atoms with van der Waals surface area (Å²) in [5, 5.41) is 2.61. The smallest absolute Gasteiger partial charge is 0.417 e. The van der Waals surface area contributed by atoms with Crippen LogP contribution in [0.1, 0.15) is 91.4 Å². The van der Waals surface area contributed by atoms with Crippen LogP contribution in [0.25, 0.3) is 0 Å². The van der Waals surface area contributed by atoms with E-state index >= 15 is 0 Å². The van der Waals surface area contributed by atoms with Crippen molar-refractivity contribution in [3.05, 3.63) is 69.3 Å². The van der Waals surface area contributed by atoms with Crippen LogP contribution in [-0.2, 0) is 19.0 Å². The number of nitrogens with zero attached hydrogens (tertiary/aromatic N) is 1. The Balaban J connectivity index is 0.000000361. The second kappa shape index (κ2) is 21.1. The Morgan fingerprint density at radius 1 is 0.917 bits per heavy atom. The molecule has 0 bridgehead atoms. The zero-order chi connectivity index (χ0) is 36.5. The number of ether oxygens (including phenoxy) is 3. The molecule has 0 unspecified atom stereocenters. The van der Waals surface area contributed by atoms with Gasteiger partial charge in [-0.15, -0.1) is 0 Å². The van der Waals surface area contributed by atoms with E-state index in [-0.39, 0.29) is 35.2 Å². The van der Waals surface area contributed by atoms with E-state index in [2.05, 4.69) is 27.9 Å². The highest BCUT2D eigenvalue weighted by Gasteiger charge is 2.35. The van der Waals surface area contributed by atoms with Gasteiger partial charge in [-0.05, 0) is 138 Å². The molecule has 2 aromatic carbocycles. The second-order valence-electron chi connectivity index (χ2n) is 13.4. The van der Waals surface area contributed by atoms with E-state index in [9.17, 15) is 28.0 Å². The lowest BCUT2D eigenvalue weighted by Crippen LogP contribution is -2.38. The van der Waals surface area contributed by atoms with Crippen molar-refractivity contribution in [2.24, 2.45) is 11.8 Å². The first-order valence-corrected chi connectivity index (χ1v) is 17.2. The quantitative estimate of drug-likeness (QED) is 0.239. The van der Waals surface area contributed by atoms with Crippen molar-refractivity contribution in [3.63, 3.8) is 0 Å². The molecule has 4 rings (SSSR count). The fourth-order valence-electron chi connectivity index (χ4n) is 4.00. The fourth-order valence-corrected chi connectivity index (χ4v) is 4.35. The zero-order valence-electron chi connectivity index (χ0n) is 29.4. The second-order valence-corrected chi connectivity index (χ2v) is 14.7. The highest BCUT2D eigenvalue weighted by atomic mass is 127. The summed E-state index contributed by atoms with van der Waals surface area (Å²) in [5.41, 5.74) is -0.607. The summed E-state index contributed by atoms with van der Waals surface area (Å²) >= 11 is 2.13. The molecule has 2 atom stereocenters. The van der Waals surface area contributed by atoms with Gasteiger partial charge in [0.05, 0.1) is 0 Å². The van der Waals surface area contributed by atoms with Gasteiger partial charge >= 0.3 is 12.2 Å². The van der Waals surface area contributed by atoms with E-state index in [1.807, 2.05) is 6.92 Å². The number of carbonyl (C=O) groups excluding carboxylic acids is 4. The average Bonchev–Trinajstić information content (AvgIpc) is 3.68. The van der Waals surface area contributed by atoms with Crippen LogP contribution in [0.5, 0.6) is 0 Å². The number of likely N-dealkylation sites (tertiary alicyclic amines) is 1. The minimum Gasteiger partial charge on any atom is -0.444 e. The summed E-state index contributed by atoms with van der Waals surface area (Å²) in [4.78, 5) is 47.7. The van der Waals surface area contributed by atoms with Gasteiger partial charge in [0.25, 0.3) is 0 Å². The number of nitrogens with one attached hydrogen (secondary N) is 1. The Labute approximate surface area is 297 Å². The third-order valence-electron chi connectivity index (χ3n) is 6.54. The number of carbonyl (C=O) groups is 4. The maximum Gasteiger partial charge on any atom is 0.417 e. The van der Waals surface area contributed by atoms with Crippen LogP contribution >= 0.6 is 22.6 Å². The topological polar surface area (TPSA) is 111 Å². The van der Waals surface area contributed by atoms with Gasteiger partial charge in [0, 0.05) is 47.3 Å². The Kier molecular flexibility index (Phi) is 18.8. The molecule has 0 radical (unpaired) electrons. The van der Waals surface area contributed by atoms with E-state index in [4.69, 9.17) is 14.2 Å². The molecule has 268 valence electrons. The molecule has 1 N–H and O–H groups in total. The first-order chi connectivity index (χ1) is 22.3. The number of hydrogen-bond donors (Lipinski definition) is 1. The predicted octanol–water partition coefficient (Wildman–Crippen LogP) is 8.58. The molecular formula is C36H51F2IN2O7. The van der Waals surface area contributed by atoms with Crippen molar-refractivity contribution in [2.45, 2.75) is 92.3 Å². The minimum atomic E-state index is -0.542. The standard InChI is InChI=1S/C16H22FNO3.C10H17NO3.C6H4FI.C4H8O/c1-11(9-10-18-15(20)21-16(2,3)4)14(19)12-5-7-13(17)8-6-12;1-7-5-6-11(8(7)12)9(13)14-10(2,3)4;7-5-1-3-6(8)4-2-5;1-2-4-5-3-1/h5-8,11H,9-10H2,1-4H3,(H,18,20);7H,5-6H2,1-4H3;1-4H;1-4H2/t11-;7-;;/m00../s1. The average molecular weight is 789 g/mol. The van der Waals surface area contributed by atoms with E-state index in [0.717, 1.165) is 23.2 Å². The fraction of sp³-hybridized carbons (Fsp3) is 0.556. The van der Waals surface area contributed by atoms with Gasteiger partial charge in [0.2, 0.25) is 5.91 Å². The van der Waals surface area contributed by atoms with Gasteiger partial charge in [-0.3, -0.25) is 9.59 Å². The van der Waals surface area contributed by atoms with Crippen LogP contribution in [0.2, 0.25) is 0 Å². The first kappa shape index (κ1) is 42.9. The third kappa shape index (κ3) is 19.0. The highest BCUT2D eigenvalue weighted by molar-refractivity contribution is 14.1. The molecule has 2 aromatic rings. The summed E-state index contributed by atoms with van der Waals surface area (Å²) in [7, 11) is 0. The molecular weight excluding hydrogens is 737 g/mol. The molecule has 0 aromatic heterocycles. The van der Waals surface area contributed by atoms with E-state index in [1.54, 1.807) is 60.6 Å². The van der Waals surface area contributed by atoms with E-state index in [1.165, 1.54) is 54.1 Å². The van der Waals surface area contributed by atoms with Crippen molar-refractivity contribution >= 4 is 46.5 Å². The van der Waals surface area contributed by atoms with E-state index < -0.39 is 23.4 Å². The lowest BCUT2D eigenvalue weighted by atomic mass is 9.96. The molecule has 2 saturated heterocycles. The summed E-state index contributed by atoms with van der Waals surface area (Å²) in [6.07, 6.45) is 2.77. The molecule has 9 nitrogen and oxygen atoms in total. The molecule has 0 spiro atoms. The summed E-state index contributed by atoms with van der Waals surface area (Å²) in [6, 6.07) is 11.8. The number of halogens is 3. The number of imide groups is 1. The lowest BCUT2D eigenvalue weighted by Gasteiger charge is -2.23. The first-order valence-electron chi connectivity index (χ1n) is 16.1. The molecule has 12 heteroatoms. The molecule has 3 amide bonds. The summed E-state index contributed by atoms with van der Waals surface area (Å²) < 4.78 is 41.1. The van der Waals surface area contributed by atoms with Crippen molar-refractivity contribution in [2.75, 3.05) is 26.3 Å². The Hall–Kier alpha value is -3.13. The number of benzene rings is 2. The number of alkyl carbamates (subject to hydrolysis) is 1. The van der Waals surface area contributed by atoms with E-state index in [0.29, 0.717) is 25.1 Å². The maximum absolute atomic E-state index is 12.8. The summed E-state index contributed by atoms with van der Waals surface area (Å²) in [6.45, 7) is 17.2. The monoisotopic (exact) mass is 788 g/mol. The van der Waals surface area contributed by atoms with Gasteiger partial charge in [0.1, 0.15) is 22.8 Å². The SMILES string of the molecule is C1CCOC1.C[C@@H](CCNC(=O)OC(C)(C)C)C(=O)c1ccc(F)cc1.C[C@H]1CCN(C(=O)OC(C)(C)C)C1=O.Fc1ccc(I)cc1. The molecule has 2 fully saturated rings. The van der Waals surface area contributed by atoms with Crippen LogP contribution in [0.3, 0.4) is 0 Å². The molecule has 2 aliphatic heterocycles. The van der Waals surface area contributed by atoms with Crippen LogP contribution < -0.4 is 5.32 Å². The Morgan fingerprint density at radius 3 is 1.81 bits per heavy atom. The largest absolute Gasteiger partial charge is 0.444 e. The summed E-state index contributed by atoms with van der Waals surface area (Å²) in [5.74, 6) is -1.05. The van der Waals surface area contributed by atoms with Gasteiger partial charge in [0.15, 0.2) is 5.78 Å². The third-order valence-corrected chi connectivity index (χ3v) is 7.26. The minimum absolute atomic E-state index is 0.0532. The van der Waals surface area contributed by atoms with Crippen molar-refractivity contribution in [1.29, 1.82) is 0 Å². The predicted molar refractivity (Wildman–Crippen MR) is 190 cm³/mol. The van der Waals surface area contributed by atoms with Crippen LogP contribution in [0, 0.1) is 27.0 Å². The molecule has 2 aliphatic rings. The normalized spacial score (nSPS) is 16.2. The number of Topliss-reactive ketones (excluding diaryl/α,β-unsaturated/α-hetero) is 1. The maximum atomic E-state index is 12.8. The van der Waals surface area contributed by atoms with Gasteiger partial charge in [-0.2, -0.15) is 0 Å². The number of amides is 3. The molecule has 0 aliphatic carbocycles. The van der Waals surface area contributed by atoms with Crippen molar-refractivity contribution in [1.82, 2.24) is 10.2 Å². The van der Waals surface area contributed by atoms with Gasteiger partial charge < -0.3 is 19.5 Å². The lowest BCUT2D eigenvalue weighted by molar-refractivity contribution is -0.129. The van der Waals surface area contributed by atoms with Crippen LogP contribution in [0.4, 0.5) is 18.4 Å². The Morgan fingerprint density at radius 2 is 1.42 bits per heavy atom. The Bertz CT molecular complexity index is 1260. The number of ketones is 1. The zero-order valence-corrected chi connectivity index (χ0v) is 31.5. The molecule has 48 heavy (non-hydrogen) atoms. The number of rotatable bonds is 5. The highest BCUT2D eigenvalue weighted by Crippen LogP contribution is 2.20. The van der Waals surface area contributed by atoms with Crippen LogP contribution in [0.15, 0.2) is 48.5 Å². The number of hydrogen-bond acceptors (Lipinski definition) is 7. The van der Waals surface area contributed by atoms with Gasteiger partial charge in [-0.1, -0.05) is 13.8 Å².